The summed E-state index contributed by atoms with van der Waals surface area (Å²) < 4.78 is 5.53. The summed E-state index contributed by atoms with van der Waals surface area (Å²) in [7, 11) is 1.80. The maximum Gasteiger partial charge on any atom is 0.0735 e. The van der Waals surface area contributed by atoms with Crippen molar-refractivity contribution in [3.05, 3.63) is 0 Å². The standard InChI is InChI=1S/C20H36ClN3O/c1-25-18-9-8-14(12-16(18)21)13-19-22-17-7-3-2-6-15(17)20(23-19)24-10-4-5-11-24/h14-20,22-23H,2-13H2,1H3. The largest absolute Gasteiger partial charge is 0.380 e. The molecule has 4 fully saturated rings. The minimum atomic E-state index is 0.184. The number of hydrogen-bond acceptors (Lipinski definition) is 4. The highest BCUT2D eigenvalue weighted by molar-refractivity contribution is 6.21. The van der Waals surface area contributed by atoms with Crippen molar-refractivity contribution < 1.29 is 4.74 Å². The molecule has 144 valence electrons. The third kappa shape index (κ3) is 4.19. The summed E-state index contributed by atoms with van der Waals surface area (Å²) in [6, 6.07) is 0.715. The van der Waals surface area contributed by atoms with E-state index in [9.17, 15) is 0 Å². The lowest BCUT2D eigenvalue weighted by Crippen LogP contribution is -2.68. The van der Waals surface area contributed by atoms with Crippen LogP contribution >= 0.6 is 11.6 Å². The molecule has 0 aromatic heterocycles. The molecule has 0 radical (unpaired) electrons. The van der Waals surface area contributed by atoms with Gasteiger partial charge < -0.3 is 4.74 Å². The van der Waals surface area contributed by atoms with Crippen LogP contribution in [0, 0.1) is 11.8 Å². The first-order valence-electron chi connectivity index (χ1n) is 10.7. The van der Waals surface area contributed by atoms with Gasteiger partial charge in [-0.05, 0) is 70.4 Å². The van der Waals surface area contributed by atoms with Crippen LogP contribution in [-0.2, 0) is 4.74 Å². The predicted octanol–water partition coefficient (Wildman–Crippen LogP) is 3.30. The normalized spacial score (nSPS) is 46.1. The van der Waals surface area contributed by atoms with Crippen molar-refractivity contribution in [1.29, 1.82) is 0 Å². The Labute approximate surface area is 158 Å². The van der Waals surface area contributed by atoms with Crippen molar-refractivity contribution in [2.75, 3.05) is 20.2 Å². The van der Waals surface area contributed by atoms with Crippen LogP contribution in [0.15, 0.2) is 0 Å². The van der Waals surface area contributed by atoms with Crippen molar-refractivity contribution in [2.45, 2.75) is 94.1 Å². The fraction of sp³-hybridized carbons (Fsp3) is 1.00. The quantitative estimate of drug-likeness (QED) is 0.745. The number of fused-ring (bicyclic) bond motifs is 1. The van der Waals surface area contributed by atoms with Crippen molar-refractivity contribution in [3.63, 3.8) is 0 Å². The van der Waals surface area contributed by atoms with E-state index in [0.29, 0.717) is 18.4 Å². The highest BCUT2D eigenvalue weighted by Crippen LogP contribution is 2.36. The molecule has 2 aliphatic heterocycles. The molecule has 2 saturated carbocycles. The molecule has 4 aliphatic rings. The van der Waals surface area contributed by atoms with Crippen molar-refractivity contribution in [2.24, 2.45) is 11.8 Å². The zero-order chi connectivity index (χ0) is 17.2. The molecule has 0 bridgehead atoms. The topological polar surface area (TPSA) is 36.5 Å². The molecular weight excluding hydrogens is 334 g/mol. The van der Waals surface area contributed by atoms with Crippen LogP contribution in [0.3, 0.4) is 0 Å². The van der Waals surface area contributed by atoms with Gasteiger partial charge in [-0.15, -0.1) is 11.6 Å². The van der Waals surface area contributed by atoms with E-state index in [1.54, 1.807) is 7.11 Å². The SMILES string of the molecule is COC1CCC(CC2NC3CCCCC3C(N3CCCC3)N2)CC1Cl. The summed E-state index contributed by atoms with van der Waals surface area (Å²) in [6.45, 7) is 2.58. The van der Waals surface area contributed by atoms with Gasteiger partial charge >= 0.3 is 0 Å². The van der Waals surface area contributed by atoms with E-state index in [1.165, 1.54) is 64.5 Å². The van der Waals surface area contributed by atoms with Gasteiger partial charge in [0.2, 0.25) is 0 Å². The first kappa shape index (κ1) is 18.5. The number of rotatable bonds is 4. The monoisotopic (exact) mass is 369 g/mol. The molecule has 2 N–H and O–H groups in total. The van der Waals surface area contributed by atoms with Crippen LogP contribution in [0.4, 0.5) is 0 Å². The molecule has 5 heteroatoms. The number of nitrogens with one attached hydrogen (secondary N) is 2. The minimum Gasteiger partial charge on any atom is -0.380 e. The van der Waals surface area contributed by atoms with Crippen LogP contribution in [0.2, 0.25) is 0 Å². The second-order valence-corrected chi connectivity index (χ2v) is 9.39. The molecule has 0 amide bonds. The lowest BCUT2D eigenvalue weighted by molar-refractivity contribution is 0.0166. The second-order valence-electron chi connectivity index (χ2n) is 8.83. The molecule has 25 heavy (non-hydrogen) atoms. The van der Waals surface area contributed by atoms with E-state index in [-0.39, 0.29) is 11.5 Å². The molecule has 4 nitrogen and oxygen atoms in total. The van der Waals surface area contributed by atoms with Gasteiger partial charge in [0.25, 0.3) is 0 Å². The third-order valence-electron chi connectivity index (χ3n) is 7.24. The van der Waals surface area contributed by atoms with Crippen molar-refractivity contribution in [3.8, 4) is 0 Å². The number of halogens is 1. The Bertz CT molecular complexity index is 431. The third-order valence-corrected chi connectivity index (χ3v) is 7.70. The molecule has 2 saturated heterocycles. The zero-order valence-electron chi connectivity index (χ0n) is 15.8. The summed E-state index contributed by atoms with van der Waals surface area (Å²) >= 11 is 6.56. The van der Waals surface area contributed by atoms with Gasteiger partial charge in [0.05, 0.1) is 23.8 Å². The van der Waals surface area contributed by atoms with Crippen LogP contribution < -0.4 is 10.6 Å². The lowest BCUT2D eigenvalue weighted by atomic mass is 9.78. The average Bonchev–Trinajstić information content (AvgIpc) is 3.16. The van der Waals surface area contributed by atoms with Gasteiger partial charge in [-0.25, -0.2) is 0 Å². The number of alkyl halides is 1. The number of nitrogens with zero attached hydrogens (tertiary/aromatic N) is 1. The van der Waals surface area contributed by atoms with Crippen molar-refractivity contribution >= 4 is 11.6 Å². The van der Waals surface area contributed by atoms with E-state index < -0.39 is 0 Å². The molecule has 4 rings (SSSR count). The maximum atomic E-state index is 6.56. The Balaban J connectivity index is 1.38. The average molecular weight is 370 g/mol. The first-order valence-corrected chi connectivity index (χ1v) is 11.1. The smallest absolute Gasteiger partial charge is 0.0735 e. The molecule has 2 heterocycles. The lowest BCUT2D eigenvalue weighted by Gasteiger charge is -2.50. The van der Waals surface area contributed by atoms with E-state index in [4.69, 9.17) is 16.3 Å². The van der Waals surface area contributed by atoms with E-state index in [1.807, 2.05) is 0 Å². The zero-order valence-corrected chi connectivity index (χ0v) is 16.5. The molecule has 7 unspecified atom stereocenters. The second kappa shape index (κ2) is 8.43. The first-order chi connectivity index (χ1) is 12.2. The maximum absolute atomic E-state index is 6.56. The van der Waals surface area contributed by atoms with Gasteiger partial charge in [0.1, 0.15) is 0 Å². The number of likely N-dealkylation sites (tertiary alicyclic amines) is 1. The highest BCUT2D eigenvalue weighted by atomic mass is 35.5. The Morgan fingerprint density at radius 2 is 1.80 bits per heavy atom. The van der Waals surface area contributed by atoms with E-state index in [2.05, 4.69) is 15.5 Å². The van der Waals surface area contributed by atoms with Crippen LogP contribution in [0.5, 0.6) is 0 Å². The van der Waals surface area contributed by atoms with Gasteiger partial charge in [0.15, 0.2) is 0 Å². The van der Waals surface area contributed by atoms with Crippen LogP contribution in [-0.4, -0.2) is 55.0 Å². The number of hydrogen-bond donors (Lipinski definition) is 2. The summed E-state index contributed by atoms with van der Waals surface area (Å²) in [5, 5.41) is 8.19. The predicted molar refractivity (Wildman–Crippen MR) is 103 cm³/mol. The van der Waals surface area contributed by atoms with E-state index in [0.717, 1.165) is 24.7 Å². The molecule has 0 aromatic carbocycles. The van der Waals surface area contributed by atoms with Gasteiger partial charge in [-0.2, -0.15) is 0 Å². The van der Waals surface area contributed by atoms with Gasteiger partial charge in [-0.1, -0.05) is 12.8 Å². The summed E-state index contributed by atoms with van der Waals surface area (Å²) in [6.07, 6.45) is 14.3. The minimum absolute atomic E-state index is 0.184. The molecular formula is C20H36ClN3O. The Morgan fingerprint density at radius 3 is 2.56 bits per heavy atom. The fourth-order valence-electron chi connectivity index (χ4n) is 5.89. The number of methoxy groups -OCH3 is 1. The summed E-state index contributed by atoms with van der Waals surface area (Å²) in [5.41, 5.74) is 0. The van der Waals surface area contributed by atoms with E-state index >= 15 is 0 Å². The van der Waals surface area contributed by atoms with Crippen LogP contribution in [0.1, 0.15) is 64.2 Å². The molecule has 0 spiro atoms. The highest BCUT2D eigenvalue weighted by Gasteiger charge is 2.42. The van der Waals surface area contributed by atoms with Crippen molar-refractivity contribution in [1.82, 2.24) is 15.5 Å². The summed E-state index contributed by atoms with van der Waals surface area (Å²) in [4.78, 5) is 2.74. The molecule has 0 aromatic rings. The Morgan fingerprint density at radius 1 is 1.00 bits per heavy atom. The number of ether oxygens (including phenoxy) is 1. The fourth-order valence-corrected chi connectivity index (χ4v) is 6.38. The Kier molecular flexibility index (Phi) is 6.24. The Hall–Kier alpha value is 0.130. The molecule has 2 aliphatic carbocycles. The van der Waals surface area contributed by atoms with Crippen LogP contribution in [0.25, 0.3) is 0 Å². The van der Waals surface area contributed by atoms with Gasteiger partial charge in [0, 0.05) is 19.1 Å². The summed E-state index contributed by atoms with van der Waals surface area (Å²) in [5.74, 6) is 1.52. The van der Waals surface area contributed by atoms with Gasteiger partial charge in [-0.3, -0.25) is 15.5 Å². The molecule has 7 atom stereocenters.